The van der Waals surface area contributed by atoms with Gasteiger partial charge in [-0.1, -0.05) is 42.5 Å². The molecule has 0 saturated carbocycles. The van der Waals surface area contributed by atoms with Gasteiger partial charge in [0.1, 0.15) is 5.82 Å². The molecule has 3 heterocycles. The SMILES string of the molecule is Cc1cc2c(B(O)O)cccc2n1-c1nc2c(c(NCc3ccccc3)n1)CC1CNCCC1C2. The van der Waals surface area contributed by atoms with E-state index >= 15 is 0 Å². The summed E-state index contributed by atoms with van der Waals surface area (Å²) in [5.41, 5.74) is 5.89. The van der Waals surface area contributed by atoms with Gasteiger partial charge in [0.15, 0.2) is 0 Å². The lowest BCUT2D eigenvalue weighted by molar-refractivity contribution is 0.235. The van der Waals surface area contributed by atoms with E-state index in [9.17, 15) is 10.0 Å². The average molecular weight is 467 g/mol. The van der Waals surface area contributed by atoms with E-state index < -0.39 is 7.12 Å². The first-order valence-corrected chi connectivity index (χ1v) is 12.4. The third-order valence-electron chi connectivity index (χ3n) is 7.61. The number of benzene rings is 2. The molecule has 2 aromatic heterocycles. The van der Waals surface area contributed by atoms with Crippen molar-refractivity contribution in [2.75, 3.05) is 18.4 Å². The molecule has 0 amide bonds. The van der Waals surface area contributed by atoms with Crippen LogP contribution in [0.5, 0.6) is 0 Å². The normalized spacial score (nSPS) is 19.3. The van der Waals surface area contributed by atoms with E-state index in [1.807, 2.05) is 35.8 Å². The van der Waals surface area contributed by atoms with E-state index in [2.05, 4.69) is 34.9 Å². The summed E-state index contributed by atoms with van der Waals surface area (Å²) in [4.78, 5) is 10.2. The van der Waals surface area contributed by atoms with Crippen LogP contribution in [0.2, 0.25) is 0 Å². The maximum absolute atomic E-state index is 9.88. The first-order chi connectivity index (χ1) is 17.1. The Morgan fingerprint density at radius 3 is 2.74 bits per heavy atom. The summed E-state index contributed by atoms with van der Waals surface area (Å²) >= 11 is 0. The van der Waals surface area contributed by atoms with Gasteiger partial charge in [0.05, 0.1) is 11.2 Å². The number of piperidine rings is 1. The third-order valence-corrected chi connectivity index (χ3v) is 7.61. The summed E-state index contributed by atoms with van der Waals surface area (Å²) in [5, 5.41) is 27.8. The molecule has 8 heteroatoms. The van der Waals surface area contributed by atoms with Crippen molar-refractivity contribution in [2.45, 2.75) is 32.7 Å². The molecule has 0 radical (unpaired) electrons. The third kappa shape index (κ3) is 4.12. The first kappa shape index (κ1) is 22.3. The molecule has 1 aliphatic heterocycles. The highest BCUT2D eigenvalue weighted by atomic mass is 16.4. The number of hydrogen-bond acceptors (Lipinski definition) is 6. The fraction of sp³-hybridized carbons (Fsp3) is 0.333. The maximum Gasteiger partial charge on any atom is 0.489 e. The van der Waals surface area contributed by atoms with Crippen molar-refractivity contribution in [3.05, 3.63) is 77.1 Å². The van der Waals surface area contributed by atoms with E-state index in [4.69, 9.17) is 9.97 Å². The van der Waals surface area contributed by atoms with E-state index in [1.54, 1.807) is 6.07 Å². The monoisotopic (exact) mass is 467 g/mol. The Kier molecular flexibility index (Phi) is 5.80. The summed E-state index contributed by atoms with van der Waals surface area (Å²) in [6.07, 6.45) is 3.13. The molecule has 7 nitrogen and oxygen atoms in total. The number of fused-ring (bicyclic) bond motifs is 3. The van der Waals surface area contributed by atoms with Gasteiger partial charge in [-0.05, 0) is 74.3 Å². The molecule has 35 heavy (non-hydrogen) atoms. The summed E-state index contributed by atoms with van der Waals surface area (Å²) < 4.78 is 2.03. The quantitative estimate of drug-likeness (QED) is 0.337. The lowest BCUT2D eigenvalue weighted by atomic mass is 9.74. The fourth-order valence-corrected chi connectivity index (χ4v) is 5.80. The van der Waals surface area contributed by atoms with Crippen molar-refractivity contribution in [3.63, 3.8) is 0 Å². The van der Waals surface area contributed by atoms with Crippen molar-refractivity contribution in [1.29, 1.82) is 0 Å². The van der Waals surface area contributed by atoms with Gasteiger partial charge in [-0.15, -0.1) is 0 Å². The number of anilines is 1. The maximum atomic E-state index is 9.88. The van der Waals surface area contributed by atoms with Gasteiger partial charge in [-0.2, -0.15) is 4.98 Å². The second-order valence-corrected chi connectivity index (χ2v) is 9.83. The van der Waals surface area contributed by atoms with Crippen LogP contribution in [0.3, 0.4) is 0 Å². The standard InChI is InChI=1S/C27H30BN5O2/c1-17-12-21-23(28(34)35)8-5-9-25(21)33(17)27-31-24-14-19-10-11-29-16-20(19)13-22(24)26(32-27)30-15-18-6-3-2-4-7-18/h2-9,12,19-20,29,34-35H,10-11,13-16H2,1H3,(H,30,31,32). The minimum Gasteiger partial charge on any atom is -0.423 e. The van der Waals surface area contributed by atoms with Gasteiger partial charge in [-0.3, -0.25) is 4.57 Å². The number of nitrogens with zero attached hydrogens (tertiary/aromatic N) is 3. The minimum atomic E-state index is -1.53. The highest BCUT2D eigenvalue weighted by molar-refractivity contribution is 6.61. The molecule has 0 spiro atoms. The number of rotatable bonds is 5. The van der Waals surface area contributed by atoms with Crippen LogP contribution in [0.15, 0.2) is 54.6 Å². The molecule has 6 rings (SSSR count). The molecule has 1 aliphatic carbocycles. The molecule has 2 aromatic carbocycles. The molecule has 1 saturated heterocycles. The van der Waals surface area contributed by atoms with Crippen LogP contribution in [0, 0.1) is 18.8 Å². The molecule has 2 unspecified atom stereocenters. The molecule has 2 aliphatic rings. The van der Waals surface area contributed by atoms with Gasteiger partial charge in [-0.25, -0.2) is 4.98 Å². The van der Waals surface area contributed by atoms with E-state index in [0.717, 1.165) is 54.0 Å². The Morgan fingerprint density at radius 2 is 1.91 bits per heavy atom. The second-order valence-electron chi connectivity index (χ2n) is 9.83. The Balaban J connectivity index is 1.47. The zero-order chi connectivity index (χ0) is 23.9. The highest BCUT2D eigenvalue weighted by Crippen LogP contribution is 2.36. The second kappa shape index (κ2) is 9.11. The summed E-state index contributed by atoms with van der Waals surface area (Å²) in [6.45, 7) is 4.83. The van der Waals surface area contributed by atoms with Crippen LogP contribution in [0.4, 0.5) is 5.82 Å². The smallest absolute Gasteiger partial charge is 0.423 e. The van der Waals surface area contributed by atoms with Crippen molar-refractivity contribution in [2.24, 2.45) is 11.8 Å². The van der Waals surface area contributed by atoms with Crippen LogP contribution in [0.1, 0.15) is 28.9 Å². The van der Waals surface area contributed by atoms with E-state index in [1.165, 1.54) is 17.5 Å². The largest absolute Gasteiger partial charge is 0.489 e. The first-order valence-electron chi connectivity index (χ1n) is 12.4. The fourth-order valence-electron chi connectivity index (χ4n) is 5.80. The molecule has 4 aromatic rings. The molecule has 1 fully saturated rings. The van der Waals surface area contributed by atoms with Gasteiger partial charge in [0.25, 0.3) is 0 Å². The molecular weight excluding hydrogens is 437 g/mol. The molecular formula is C27H30BN5O2. The summed E-state index contributed by atoms with van der Waals surface area (Å²) in [6, 6.07) is 17.9. The summed E-state index contributed by atoms with van der Waals surface area (Å²) in [5.74, 6) is 2.79. The number of hydrogen-bond donors (Lipinski definition) is 4. The topological polar surface area (TPSA) is 95.2 Å². The molecule has 0 bridgehead atoms. The van der Waals surface area contributed by atoms with Gasteiger partial charge >= 0.3 is 7.12 Å². The van der Waals surface area contributed by atoms with Crippen molar-refractivity contribution < 1.29 is 10.0 Å². The zero-order valence-electron chi connectivity index (χ0n) is 19.9. The van der Waals surface area contributed by atoms with Gasteiger partial charge in [0.2, 0.25) is 5.95 Å². The molecule has 4 N–H and O–H groups in total. The molecule has 2 atom stereocenters. The Hall–Kier alpha value is -3.20. The van der Waals surface area contributed by atoms with Crippen LogP contribution in [-0.4, -0.2) is 44.8 Å². The van der Waals surface area contributed by atoms with Gasteiger partial charge < -0.3 is 20.7 Å². The van der Waals surface area contributed by atoms with Crippen molar-refractivity contribution >= 4 is 29.3 Å². The Bertz CT molecular complexity index is 1370. The number of aromatic nitrogens is 3. The van der Waals surface area contributed by atoms with Crippen LogP contribution in [-0.2, 0) is 19.4 Å². The number of nitrogens with one attached hydrogen (secondary N) is 2. The van der Waals surface area contributed by atoms with Crippen LogP contribution >= 0.6 is 0 Å². The highest BCUT2D eigenvalue weighted by Gasteiger charge is 2.34. The lowest BCUT2D eigenvalue weighted by Gasteiger charge is -2.37. The minimum absolute atomic E-state index is 0.488. The van der Waals surface area contributed by atoms with Gasteiger partial charge in [0, 0.05) is 23.2 Å². The average Bonchev–Trinajstić information content (AvgIpc) is 3.22. The summed E-state index contributed by atoms with van der Waals surface area (Å²) in [7, 11) is -1.53. The predicted molar refractivity (Wildman–Crippen MR) is 139 cm³/mol. The zero-order valence-corrected chi connectivity index (χ0v) is 19.9. The van der Waals surface area contributed by atoms with Crippen molar-refractivity contribution in [1.82, 2.24) is 19.9 Å². The Labute approximate surface area is 205 Å². The van der Waals surface area contributed by atoms with Crippen LogP contribution < -0.4 is 16.1 Å². The van der Waals surface area contributed by atoms with E-state index in [-0.39, 0.29) is 0 Å². The van der Waals surface area contributed by atoms with Crippen LogP contribution in [0.25, 0.3) is 16.9 Å². The lowest BCUT2D eigenvalue weighted by Crippen LogP contribution is -2.41. The Morgan fingerprint density at radius 1 is 1.06 bits per heavy atom. The van der Waals surface area contributed by atoms with Crippen molar-refractivity contribution in [3.8, 4) is 5.95 Å². The van der Waals surface area contributed by atoms with E-state index in [0.29, 0.717) is 29.8 Å². The molecule has 178 valence electrons. The number of aryl methyl sites for hydroxylation is 1. The predicted octanol–water partition coefficient (Wildman–Crippen LogP) is 2.35.